The molecule has 3 rings (SSSR count). The van der Waals surface area contributed by atoms with Gasteiger partial charge in [0.15, 0.2) is 18.1 Å². The molecule has 0 unspecified atom stereocenters. The summed E-state index contributed by atoms with van der Waals surface area (Å²) in [5, 5.41) is 3.97. The highest BCUT2D eigenvalue weighted by molar-refractivity contribution is 5.92. The fraction of sp³-hybridized carbons (Fsp3) is 0.250. The second-order valence-electron chi connectivity index (χ2n) is 7.75. The zero-order valence-corrected chi connectivity index (χ0v) is 20.7. The number of nitrogens with zero attached hydrogens (tertiary/aromatic N) is 1. The second-order valence-corrected chi connectivity index (χ2v) is 7.75. The number of hydrazone groups is 1. The molecule has 3 aromatic rings. The summed E-state index contributed by atoms with van der Waals surface area (Å²) in [6.45, 7) is 6.59. The number of aryl methyl sites for hydroxylation is 1. The summed E-state index contributed by atoms with van der Waals surface area (Å²) in [4.78, 5) is 24.6. The third-order valence-electron chi connectivity index (χ3n) is 4.89. The average molecular weight is 491 g/mol. The molecule has 0 bridgehead atoms. The van der Waals surface area contributed by atoms with Crippen LogP contribution in [0.1, 0.15) is 41.8 Å². The van der Waals surface area contributed by atoms with Gasteiger partial charge >= 0.3 is 5.97 Å². The molecule has 0 saturated carbocycles. The highest BCUT2D eigenvalue weighted by Crippen LogP contribution is 2.29. The zero-order valence-electron chi connectivity index (χ0n) is 20.7. The molecular weight excluding hydrogens is 460 g/mol. The Morgan fingerprint density at radius 1 is 0.889 bits per heavy atom. The Hall–Kier alpha value is -4.33. The van der Waals surface area contributed by atoms with Crippen molar-refractivity contribution in [2.24, 2.45) is 5.10 Å². The Morgan fingerprint density at radius 3 is 2.39 bits per heavy atom. The van der Waals surface area contributed by atoms with Crippen molar-refractivity contribution in [3.63, 3.8) is 0 Å². The first-order chi connectivity index (χ1) is 17.5. The number of nitrogens with one attached hydrogen (secondary N) is 1. The van der Waals surface area contributed by atoms with E-state index in [-0.39, 0.29) is 12.4 Å². The van der Waals surface area contributed by atoms with E-state index in [0.29, 0.717) is 41.6 Å². The molecule has 0 radical (unpaired) electrons. The number of benzene rings is 3. The number of esters is 1. The predicted molar refractivity (Wildman–Crippen MR) is 137 cm³/mol. The molecule has 1 amide bonds. The number of carbonyl (C=O) groups is 2. The third-order valence-corrected chi connectivity index (χ3v) is 4.89. The lowest BCUT2D eigenvalue weighted by atomic mass is 10.2. The number of ether oxygens (including phenoxy) is 4. The minimum absolute atomic E-state index is 0.160. The van der Waals surface area contributed by atoms with Crippen LogP contribution in [-0.2, 0) is 4.79 Å². The lowest BCUT2D eigenvalue weighted by molar-refractivity contribution is -0.123. The van der Waals surface area contributed by atoms with Crippen molar-refractivity contribution < 1.29 is 28.5 Å². The van der Waals surface area contributed by atoms with E-state index < -0.39 is 11.9 Å². The minimum Gasteiger partial charge on any atom is -0.494 e. The minimum atomic E-state index is -0.514. The molecular formula is C28H30N2O6. The van der Waals surface area contributed by atoms with Crippen molar-refractivity contribution in [1.29, 1.82) is 0 Å². The third kappa shape index (κ3) is 7.87. The van der Waals surface area contributed by atoms with Gasteiger partial charge in [-0.2, -0.15) is 5.10 Å². The smallest absolute Gasteiger partial charge is 0.343 e. The summed E-state index contributed by atoms with van der Waals surface area (Å²) in [5.41, 5.74) is 4.41. The molecule has 0 heterocycles. The van der Waals surface area contributed by atoms with E-state index in [4.69, 9.17) is 18.9 Å². The van der Waals surface area contributed by atoms with E-state index in [1.54, 1.807) is 48.5 Å². The van der Waals surface area contributed by atoms with Crippen LogP contribution in [0.2, 0.25) is 0 Å². The van der Waals surface area contributed by atoms with Gasteiger partial charge in [-0.25, -0.2) is 10.2 Å². The Bertz CT molecular complexity index is 1190. The van der Waals surface area contributed by atoms with Gasteiger partial charge in [0.2, 0.25) is 0 Å². The van der Waals surface area contributed by atoms with E-state index in [0.717, 1.165) is 12.0 Å². The van der Waals surface area contributed by atoms with Crippen molar-refractivity contribution in [1.82, 2.24) is 5.43 Å². The second kappa shape index (κ2) is 13.5. The zero-order chi connectivity index (χ0) is 25.8. The summed E-state index contributed by atoms with van der Waals surface area (Å²) in [7, 11) is 0. The number of para-hydroxylation sites is 1. The fourth-order valence-corrected chi connectivity index (χ4v) is 3.10. The maximum absolute atomic E-state index is 12.6. The molecule has 36 heavy (non-hydrogen) atoms. The van der Waals surface area contributed by atoms with Gasteiger partial charge in [-0.3, -0.25) is 4.79 Å². The number of rotatable bonds is 12. The van der Waals surface area contributed by atoms with Gasteiger partial charge < -0.3 is 18.9 Å². The largest absolute Gasteiger partial charge is 0.494 e. The molecule has 0 aliphatic heterocycles. The molecule has 8 nitrogen and oxygen atoms in total. The Morgan fingerprint density at radius 2 is 1.67 bits per heavy atom. The van der Waals surface area contributed by atoms with Crippen molar-refractivity contribution in [3.05, 3.63) is 83.4 Å². The SMILES string of the molecule is CCCOc1ccc(C(=O)Oc2ccc(/C=N\NC(=O)COc3ccccc3C)cc2OCC)cc1. The maximum atomic E-state index is 12.6. The molecule has 0 aromatic heterocycles. The first kappa shape index (κ1) is 26.3. The van der Waals surface area contributed by atoms with E-state index in [1.165, 1.54) is 6.21 Å². The molecule has 8 heteroatoms. The molecule has 0 aliphatic rings. The number of amides is 1. The molecule has 0 aliphatic carbocycles. The Labute approximate surface area is 210 Å². The van der Waals surface area contributed by atoms with Crippen molar-refractivity contribution in [3.8, 4) is 23.0 Å². The van der Waals surface area contributed by atoms with Gasteiger partial charge in [-0.1, -0.05) is 25.1 Å². The number of hydrogen-bond donors (Lipinski definition) is 1. The van der Waals surface area contributed by atoms with Crippen LogP contribution in [0.15, 0.2) is 71.8 Å². The van der Waals surface area contributed by atoms with Crippen LogP contribution >= 0.6 is 0 Å². The Kier molecular flexibility index (Phi) is 9.88. The Balaban J connectivity index is 1.58. The van der Waals surface area contributed by atoms with Crippen LogP contribution in [0.25, 0.3) is 0 Å². The van der Waals surface area contributed by atoms with Crippen molar-refractivity contribution in [2.75, 3.05) is 19.8 Å². The van der Waals surface area contributed by atoms with Gasteiger partial charge in [0, 0.05) is 0 Å². The first-order valence-corrected chi connectivity index (χ1v) is 11.7. The summed E-state index contributed by atoms with van der Waals surface area (Å²) in [6.07, 6.45) is 2.37. The van der Waals surface area contributed by atoms with Gasteiger partial charge in [0.05, 0.1) is 25.0 Å². The van der Waals surface area contributed by atoms with Crippen molar-refractivity contribution in [2.45, 2.75) is 27.2 Å². The molecule has 0 saturated heterocycles. The highest BCUT2D eigenvalue weighted by atomic mass is 16.6. The van der Waals surface area contributed by atoms with Crippen molar-refractivity contribution >= 4 is 18.1 Å². The monoisotopic (exact) mass is 490 g/mol. The summed E-state index contributed by atoms with van der Waals surface area (Å²) in [6, 6.07) is 19.2. The van der Waals surface area contributed by atoms with E-state index in [1.807, 2.05) is 39.0 Å². The lowest BCUT2D eigenvalue weighted by Crippen LogP contribution is -2.24. The van der Waals surface area contributed by atoms with Gasteiger partial charge in [0.1, 0.15) is 11.5 Å². The maximum Gasteiger partial charge on any atom is 0.343 e. The first-order valence-electron chi connectivity index (χ1n) is 11.7. The molecule has 188 valence electrons. The predicted octanol–water partition coefficient (Wildman–Crippen LogP) is 4.93. The fourth-order valence-electron chi connectivity index (χ4n) is 3.10. The number of carbonyl (C=O) groups excluding carboxylic acids is 2. The summed E-state index contributed by atoms with van der Waals surface area (Å²) >= 11 is 0. The van der Waals surface area contributed by atoms with Crippen LogP contribution in [-0.4, -0.2) is 37.9 Å². The number of hydrogen-bond acceptors (Lipinski definition) is 7. The van der Waals surface area contributed by atoms with E-state index >= 15 is 0 Å². The van der Waals surface area contributed by atoms with Crippen LogP contribution < -0.4 is 24.4 Å². The normalized spacial score (nSPS) is 10.6. The van der Waals surface area contributed by atoms with E-state index in [2.05, 4.69) is 10.5 Å². The van der Waals surface area contributed by atoms with Crippen LogP contribution in [0.4, 0.5) is 0 Å². The van der Waals surface area contributed by atoms with Gasteiger partial charge in [0.25, 0.3) is 5.91 Å². The molecule has 0 spiro atoms. The van der Waals surface area contributed by atoms with Crippen LogP contribution in [0, 0.1) is 6.92 Å². The van der Waals surface area contributed by atoms with Gasteiger partial charge in [-0.15, -0.1) is 0 Å². The van der Waals surface area contributed by atoms with Crippen LogP contribution in [0.5, 0.6) is 23.0 Å². The quantitative estimate of drug-likeness (QED) is 0.167. The topological polar surface area (TPSA) is 95.5 Å². The molecule has 0 atom stereocenters. The molecule has 0 fully saturated rings. The molecule has 3 aromatic carbocycles. The average Bonchev–Trinajstić information content (AvgIpc) is 2.89. The lowest BCUT2D eigenvalue weighted by Gasteiger charge is -2.12. The van der Waals surface area contributed by atoms with Crippen LogP contribution in [0.3, 0.4) is 0 Å². The molecule has 1 N–H and O–H groups in total. The standard InChI is InChI=1S/C28H30N2O6/c1-4-16-34-23-13-11-22(12-14-23)28(32)36-25-15-10-21(17-26(25)33-5-2)18-29-30-27(31)19-35-24-9-7-6-8-20(24)3/h6-15,17-18H,4-5,16,19H2,1-3H3,(H,30,31)/b29-18-. The summed E-state index contributed by atoms with van der Waals surface area (Å²) < 4.78 is 22.2. The van der Waals surface area contributed by atoms with Gasteiger partial charge in [-0.05, 0) is 79.9 Å². The van der Waals surface area contributed by atoms with E-state index in [9.17, 15) is 9.59 Å². The highest BCUT2D eigenvalue weighted by Gasteiger charge is 2.13. The summed E-state index contributed by atoms with van der Waals surface area (Å²) in [5.74, 6) is 1.09.